The first-order valence-electron chi connectivity index (χ1n) is 9.80. The van der Waals surface area contributed by atoms with Gasteiger partial charge in [0.1, 0.15) is 5.75 Å². The molecule has 0 heterocycles. The fourth-order valence-corrected chi connectivity index (χ4v) is 4.11. The van der Waals surface area contributed by atoms with Gasteiger partial charge in [0, 0.05) is 17.9 Å². The average Bonchev–Trinajstić information content (AvgIpc) is 3.45. The van der Waals surface area contributed by atoms with Crippen LogP contribution in [-0.2, 0) is 10.2 Å². The molecular weight excluding hydrogens is 322 g/mol. The number of hydrogen-bond acceptors (Lipinski definition) is 2. The molecule has 136 valence electrons. The number of carbonyl (C=O) groups excluding carboxylic acids is 1. The van der Waals surface area contributed by atoms with Crippen LogP contribution in [0.4, 0.5) is 0 Å². The highest BCUT2D eigenvalue weighted by Gasteiger charge is 2.45. The normalized spacial score (nSPS) is 23.8. The lowest BCUT2D eigenvalue weighted by Crippen LogP contribution is -2.40. The number of ether oxygens (including phenoxy) is 1. The zero-order chi connectivity index (χ0) is 17.8. The molecule has 2 aromatic carbocycles. The van der Waals surface area contributed by atoms with Crippen LogP contribution in [0.2, 0.25) is 0 Å². The van der Waals surface area contributed by atoms with Crippen molar-refractivity contribution in [2.75, 3.05) is 0 Å². The zero-order valence-electron chi connectivity index (χ0n) is 15.2. The van der Waals surface area contributed by atoms with Gasteiger partial charge in [-0.3, -0.25) is 4.79 Å². The summed E-state index contributed by atoms with van der Waals surface area (Å²) in [6, 6.07) is 20.8. The van der Waals surface area contributed by atoms with Crippen molar-refractivity contribution in [3.8, 4) is 5.75 Å². The summed E-state index contributed by atoms with van der Waals surface area (Å²) in [7, 11) is 0. The van der Waals surface area contributed by atoms with E-state index in [1.165, 1.54) is 5.56 Å². The van der Waals surface area contributed by atoms with Crippen LogP contribution >= 0.6 is 0 Å². The highest BCUT2D eigenvalue weighted by molar-refractivity contribution is 5.78. The Morgan fingerprint density at radius 2 is 1.54 bits per heavy atom. The summed E-state index contributed by atoms with van der Waals surface area (Å²) in [5.74, 6) is 1.15. The van der Waals surface area contributed by atoms with Gasteiger partial charge in [-0.1, -0.05) is 48.5 Å². The van der Waals surface area contributed by atoms with Crippen molar-refractivity contribution in [2.45, 2.75) is 62.5 Å². The van der Waals surface area contributed by atoms with E-state index in [4.69, 9.17) is 4.74 Å². The monoisotopic (exact) mass is 349 g/mol. The Morgan fingerprint density at radius 1 is 0.923 bits per heavy atom. The van der Waals surface area contributed by atoms with E-state index in [-0.39, 0.29) is 17.4 Å². The van der Waals surface area contributed by atoms with Crippen LogP contribution in [0.1, 0.15) is 50.5 Å². The maximum Gasteiger partial charge on any atom is 0.221 e. The molecule has 0 spiro atoms. The molecule has 2 saturated carbocycles. The standard InChI is InChI=1S/C23H27NO2/c25-22(17-23(15-16-23)18-7-3-1-4-8-18)24-19-11-13-21(14-12-19)26-20-9-5-2-6-10-20/h1-10,19,21H,11-17H2,(H,24,25). The minimum atomic E-state index is 0.0962. The molecule has 2 fully saturated rings. The Balaban J connectivity index is 1.24. The van der Waals surface area contributed by atoms with E-state index in [1.807, 2.05) is 36.4 Å². The highest BCUT2D eigenvalue weighted by Crippen LogP contribution is 2.50. The third kappa shape index (κ3) is 4.09. The second kappa shape index (κ2) is 7.53. The first-order chi connectivity index (χ1) is 12.7. The molecule has 2 aliphatic rings. The Kier molecular flexibility index (Phi) is 4.96. The van der Waals surface area contributed by atoms with E-state index in [0.29, 0.717) is 12.5 Å². The van der Waals surface area contributed by atoms with Crippen LogP contribution in [0.3, 0.4) is 0 Å². The first kappa shape index (κ1) is 17.1. The smallest absolute Gasteiger partial charge is 0.221 e. The van der Waals surface area contributed by atoms with Gasteiger partial charge in [-0.15, -0.1) is 0 Å². The Bertz CT molecular complexity index is 716. The molecule has 0 aromatic heterocycles. The van der Waals surface area contributed by atoms with Crippen molar-refractivity contribution in [2.24, 2.45) is 0 Å². The van der Waals surface area contributed by atoms with Crippen molar-refractivity contribution in [1.82, 2.24) is 5.32 Å². The van der Waals surface area contributed by atoms with E-state index in [9.17, 15) is 4.79 Å². The molecule has 3 nitrogen and oxygen atoms in total. The van der Waals surface area contributed by atoms with Gasteiger partial charge >= 0.3 is 0 Å². The largest absolute Gasteiger partial charge is 0.490 e. The third-order valence-corrected chi connectivity index (χ3v) is 5.82. The molecule has 3 heteroatoms. The van der Waals surface area contributed by atoms with Crippen LogP contribution < -0.4 is 10.1 Å². The van der Waals surface area contributed by atoms with Crippen LogP contribution in [0, 0.1) is 0 Å². The summed E-state index contributed by atoms with van der Waals surface area (Å²) in [6.45, 7) is 0. The van der Waals surface area contributed by atoms with E-state index in [1.54, 1.807) is 0 Å². The lowest BCUT2D eigenvalue weighted by atomic mass is 9.90. The van der Waals surface area contributed by atoms with Crippen molar-refractivity contribution in [1.29, 1.82) is 0 Å². The number of amides is 1. The molecule has 2 aliphatic carbocycles. The van der Waals surface area contributed by atoms with Gasteiger partial charge in [0.15, 0.2) is 0 Å². The van der Waals surface area contributed by atoms with E-state index in [2.05, 4.69) is 29.6 Å². The lowest BCUT2D eigenvalue weighted by molar-refractivity contribution is -0.122. The summed E-state index contributed by atoms with van der Waals surface area (Å²) in [5, 5.41) is 3.27. The quantitative estimate of drug-likeness (QED) is 0.827. The first-order valence-corrected chi connectivity index (χ1v) is 9.80. The van der Waals surface area contributed by atoms with Crippen LogP contribution in [0.5, 0.6) is 5.75 Å². The predicted octanol–water partition coefficient (Wildman–Crippen LogP) is 4.61. The van der Waals surface area contributed by atoms with Gasteiger partial charge < -0.3 is 10.1 Å². The van der Waals surface area contributed by atoms with Crippen LogP contribution in [0.25, 0.3) is 0 Å². The van der Waals surface area contributed by atoms with Crippen LogP contribution in [0.15, 0.2) is 60.7 Å². The molecule has 0 aliphatic heterocycles. The molecule has 1 amide bonds. The second-order valence-corrected chi connectivity index (χ2v) is 7.80. The maximum atomic E-state index is 12.6. The van der Waals surface area contributed by atoms with E-state index < -0.39 is 0 Å². The molecular formula is C23H27NO2. The summed E-state index contributed by atoms with van der Waals surface area (Å²) in [5.41, 5.74) is 1.41. The molecule has 0 atom stereocenters. The van der Waals surface area contributed by atoms with E-state index >= 15 is 0 Å². The number of hydrogen-bond donors (Lipinski definition) is 1. The Hall–Kier alpha value is -2.29. The molecule has 2 aromatic rings. The Morgan fingerprint density at radius 3 is 2.15 bits per heavy atom. The molecule has 0 unspecified atom stereocenters. The number of nitrogens with one attached hydrogen (secondary N) is 1. The van der Waals surface area contributed by atoms with Crippen LogP contribution in [-0.4, -0.2) is 18.1 Å². The minimum absolute atomic E-state index is 0.0962. The van der Waals surface area contributed by atoms with Gasteiger partial charge in [0.2, 0.25) is 5.91 Å². The SMILES string of the molecule is O=C(CC1(c2ccccc2)CC1)NC1CCC(Oc2ccccc2)CC1. The van der Waals surface area contributed by atoms with Gasteiger partial charge in [-0.05, 0) is 56.2 Å². The minimum Gasteiger partial charge on any atom is -0.490 e. The summed E-state index contributed by atoms with van der Waals surface area (Å²) in [4.78, 5) is 12.6. The molecule has 26 heavy (non-hydrogen) atoms. The van der Waals surface area contributed by atoms with Gasteiger partial charge in [0.25, 0.3) is 0 Å². The lowest BCUT2D eigenvalue weighted by Gasteiger charge is -2.30. The molecule has 1 N–H and O–H groups in total. The van der Waals surface area contributed by atoms with Gasteiger partial charge in [-0.2, -0.15) is 0 Å². The zero-order valence-corrected chi connectivity index (χ0v) is 15.2. The van der Waals surface area contributed by atoms with E-state index in [0.717, 1.165) is 44.3 Å². The average molecular weight is 349 g/mol. The fraction of sp³-hybridized carbons (Fsp3) is 0.435. The number of benzene rings is 2. The van der Waals surface area contributed by atoms with Crippen molar-refractivity contribution in [3.63, 3.8) is 0 Å². The summed E-state index contributed by atoms with van der Waals surface area (Å²) >= 11 is 0. The van der Waals surface area contributed by atoms with Gasteiger partial charge in [-0.25, -0.2) is 0 Å². The predicted molar refractivity (Wildman–Crippen MR) is 103 cm³/mol. The van der Waals surface area contributed by atoms with Gasteiger partial charge in [0.05, 0.1) is 6.10 Å². The second-order valence-electron chi connectivity index (χ2n) is 7.80. The molecule has 4 rings (SSSR count). The molecule has 0 bridgehead atoms. The number of carbonyl (C=O) groups is 1. The third-order valence-electron chi connectivity index (χ3n) is 5.82. The maximum absolute atomic E-state index is 12.6. The molecule has 0 radical (unpaired) electrons. The number of rotatable bonds is 6. The fourth-order valence-electron chi connectivity index (χ4n) is 4.11. The highest BCUT2D eigenvalue weighted by atomic mass is 16.5. The number of para-hydroxylation sites is 1. The Labute approximate surface area is 155 Å². The summed E-state index contributed by atoms with van der Waals surface area (Å²) < 4.78 is 6.04. The van der Waals surface area contributed by atoms with Crippen molar-refractivity contribution in [3.05, 3.63) is 66.2 Å². The summed E-state index contributed by atoms with van der Waals surface area (Å²) in [6.07, 6.45) is 7.16. The topological polar surface area (TPSA) is 38.3 Å². The molecule has 0 saturated heterocycles. The van der Waals surface area contributed by atoms with Crippen molar-refractivity contribution < 1.29 is 9.53 Å². The van der Waals surface area contributed by atoms with Crippen molar-refractivity contribution >= 4 is 5.91 Å².